The molecule has 2 aromatic heterocycles. The molecule has 0 aliphatic rings. The molecule has 8 heteroatoms. The Balaban J connectivity index is 2.02. The Hall–Kier alpha value is -3.81. The van der Waals surface area contributed by atoms with Crippen LogP contribution in [-0.2, 0) is 0 Å². The van der Waals surface area contributed by atoms with Gasteiger partial charge in [0.1, 0.15) is 23.0 Å². The lowest BCUT2D eigenvalue weighted by atomic mass is 10.2. The largest absolute Gasteiger partial charge is 0.383 e. The number of nitrogens with one attached hydrogen (secondary N) is 1. The van der Waals surface area contributed by atoms with Crippen molar-refractivity contribution in [1.82, 2.24) is 19.5 Å². The van der Waals surface area contributed by atoms with Crippen LogP contribution in [0.5, 0.6) is 0 Å². The highest BCUT2D eigenvalue weighted by molar-refractivity contribution is 5.85. The van der Waals surface area contributed by atoms with Crippen LogP contribution >= 0.6 is 0 Å². The minimum atomic E-state index is -0.678. The van der Waals surface area contributed by atoms with Gasteiger partial charge in [0.25, 0.3) is 5.56 Å². The van der Waals surface area contributed by atoms with Gasteiger partial charge in [0, 0.05) is 5.56 Å². The van der Waals surface area contributed by atoms with Gasteiger partial charge >= 0.3 is 5.69 Å². The molecule has 0 aliphatic heterocycles. The zero-order valence-electron chi connectivity index (χ0n) is 13.3. The van der Waals surface area contributed by atoms with E-state index in [1.807, 2.05) is 0 Å². The summed E-state index contributed by atoms with van der Waals surface area (Å²) in [7, 11) is 0. The van der Waals surface area contributed by atoms with Gasteiger partial charge < -0.3 is 10.7 Å². The number of aromatic nitrogens is 4. The number of aromatic amines is 1. The standard InChI is InChI=1S/C18H12FN5O2/c19-11-8-6-10(7-9-11)16-21-13-14(17(25)23-16)22-18(26)24(15(13)20)12-4-2-1-3-5-12/h1-9H,20H2,(H,21,23,25). The van der Waals surface area contributed by atoms with Crippen molar-refractivity contribution in [2.24, 2.45) is 0 Å². The van der Waals surface area contributed by atoms with E-state index >= 15 is 0 Å². The Kier molecular flexibility index (Phi) is 3.58. The summed E-state index contributed by atoms with van der Waals surface area (Å²) in [6.07, 6.45) is 0. The first-order chi connectivity index (χ1) is 12.5. The number of nitrogens with two attached hydrogens (primary N) is 1. The fourth-order valence-electron chi connectivity index (χ4n) is 2.67. The molecule has 3 N–H and O–H groups in total. The average molecular weight is 349 g/mol. The van der Waals surface area contributed by atoms with Crippen LogP contribution in [0.15, 0.2) is 64.2 Å². The van der Waals surface area contributed by atoms with Crippen LogP contribution in [0.3, 0.4) is 0 Å². The number of benzene rings is 2. The van der Waals surface area contributed by atoms with Crippen molar-refractivity contribution in [1.29, 1.82) is 0 Å². The molecule has 0 atom stereocenters. The first-order valence-corrected chi connectivity index (χ1v) is 7.68. The topological polar surface area (TPSA) is 107 Å². The van der Waals surface area contributed by atoms with E-state index in [9.17, 15) is 14.0 Å². The predicted octanol–water partition coefficient (Wildman–Crippen LogP) is 1.86. The smallest absolute Gasteiger partial charge is 0.354 e. The third-order valence-electron chi connectivity index (χ3n) is 3.91. The molecule has 0 spiro atoms. The summed E-state index contributed by atoms with van der Waals surface area (Å²) in [4.78, 5) is 35.4. The monoisotopic (exact) mass is 349 g/mol. The number of H-pyrrole nitrogens is 1. The van der Waals surface area contributed by atoms with E-state index in [0.717, 1.165) is 0 Å². The number of nitrogens with zero attached hydrogens (tertiary/aromatic N) is 3. The first-order valence-electron chi connectivity index (χ1n) is 7.68. The third-order valence-corrected chi connectivity index (χ3v) is 3.91. The zero-order chi connectivity index (χ0) is 18.3. The molecular formula is C18H12FN5O2. The highest BCUT2D eigenvalue weighted by Gasteiger charge is 2.16. The van der Waals surface area contributed by atoms with Crippen molar-refractivity contribution in [3.05, 3.63) is 81.3 Å². The summed E-state index contributed by atoms with van der Waals surface area (Å²) in [5, 5.41) is 0. The number of fused-ring (bicyclic) bond motifs is 1. The SMILES string of the molecule is Nc1c2nc(-c3ccc(F)cc3)[nH]c(=O)c2nc(=O)n1-c1ccccc1. The summed E-state index contributed by atoms with van der Waals surface area (Å²) in [6, 6.07) is 14.2. The summed E-state index contributed by atoms with van der Waals surface area (Å²) >= 11 is 0. The number of hydrogen-bond donors (Lipinski definition) is 2. The van der Waals surface area contributed by atoms with E-state index in [1.165, 1.54) is 28.8 Å². The lowest BCUT2D eigenvalue weighted by Crippen LogP contribution is -2.27. The van der Waals surface area contributed by atoms with Crippen LogP contribution in [0.25, 0.3) is 28.1 Å². The molecule has 4 rings (SSSR count). The van der Waals surface area contributed by atoms with Gasteiger partial charge in [-0.1, -0.05) is 18.2 Å². The van der Waals surface area contributed by atoms with Gasteiger partial charge in [-0.2, -0.15) is 4.98 Å². The van der Waals surface area contributed by atoms with E-state index in [2.05, 4.69) is 15.0 Å². The van der Waals surface area contributed by atoms with Gasteiger partial charge in [-0.05, 0) is 36.4 Å². The van der Waals surface area contributed by atoms with Crippen LogP contribution < -0.4 is 17.0 Å². The summed E-state index contributed by atoms with van der Waals surface area (Å²) in [6.45, 7) is 0. The molecule has 2 aromatic carbocycles. The number of anilines is 1. The molecule has 4 aromatic rings. The highest BCUT2D eigenvalue weighted by atomic mass is 19.1. The Morgan fingerprint density at radius 1 is 0.923 bits per heavy atom. The predicted molar refractivity (Wildman–Crippen MR) is 95.6 cm³/mol. The maximum Gasteiger partial charge on any atom is 0.354 e. The van der Waals surface area contributed by atoms with E-state index < -0.39 is 17.1 Å². The van der Waals surface area contributed by atoms with Gasteiger partial charge in [0.15, 0.2) is 5.52 Å². The lowest BCUT2D eigenvalue weighted by molar-refractivity contribution is 0.628. The summed E-state index contributed by atoms with van der Waals surface area (Å²) < 4.78 is 14.3. The number of rotatable bonds is 2. The molecule has 0 fully saturated rings. The van der Waals surface area contributed by atoms with Gasteiger partial charge in [0.2, 0.25) is 0 Å². The van der Waals surface area contributed by atoms with Crippen molar-refractivity contribution in [3.63, 3.8) is 0 Å². The molecule has 0 unspecified atom stereocenters. The van der Waals surface area contributed by atoms with Crippen LogP contribution in [0.2, 0.25) is 0 Å². The van der Waals surface area contributed by atoms with Crippen molar-refractivity contribution >= 4 is 16.9 Å². The van der Waals surface area contributed by atoms with E-state index in [1.54, 1.807) is 30.3 Å². The number of hydrogen-bond acceptors (Lipinski definition) is 5. The molecule has 0 saturated carbocycles. The molecule has 0 radical (unpaired) electrons. The number of halogens is 1. The molecule has 128 valence electrons. The molecule has 0 bridgehead atoms. The van der Waals surface area contributed by atoms with Gasteiger partial charge in [-0.15, -0.1) is 0 Å². The highest BCUT2D eigenvalue weighted by Crippen LogP contribution is 2.20. The van der Waals surface area contributed by atoms with E-state index in [4.69, 9.17) is 5.73 Å². The van der Waals surface area contributed by atoms with Gasteiger partial charge in [-0.25, -0.2) is 18.7 Å². The minimum absolute atomic E-state index is 0.000613. The maximum atomic E-state index is 13.1. The van der Waals surface area contributed by atoms with Crippen molar-refractivity contribution in [3.8, 4) is 17.1 Å². The Labute approximate surface area is 145 Å². The second kappa shape index (κ2) is 5.92. The van der Waals surface area contributed by atoms with Crippen molar-refractivity contribution < 1.29 is 4.39 Å². The van der Waals surface area contributed by atoms with Crippen LogP contribution in [-0.4, -0.2) is 19.5 Å². The second-order valence-corrected chi connectivity index (χ2v) is 5.57. The zero-order valence-corrected chi connectivity index (χ0v) is 13.3. The molecule has 0 aliphatic carbocycles. The molecule has 0 amide bonds. The van der Waals surface area contributed by atoms with Crippen LogP contribution in [0.1, 0.15) is 0 Å². The number of para-hydroxylation sites is 1. The molecule has 0 saturated heterocycles. The molecular weight excluding hydrogens is 337 g/mol. The summed E-state index contributed by atoms with van der Waals surface area (Å²) in [5.41, 5.74) is 5.82. The van der Waals surface area contributed by atoms with Gasteiger partial charge in [0.05, 0.1) is 5.69 Å². The minimum Gasteiger partial charge on any atom is -0.383 e. The summed E-state index contributed by atoms with van der Waals surface area (Å²) in [5.74, 6) is -0.203. The molecule has 26 heavy (non-hydrogen) atoms. The Morgan fingerprint density at radius 2 is 1.62 bits per heavy atom. The normalized spacial score (nSPS) is 11.0. The van der Waals surface area contributed by atoms with E-state index in [-0.39, 0.29) is 22.7 Å². The fraction of sp³-hybridized carbons (Fsp3) is 0. The molecule has 7 nitrogen and oxygen atoms in total. The van der Waals surface area contributed by atoms with Crippen molar-refractivity contribution in [2.75, 3.05) is 5.73 Å². The van der Waals surface area contributed by atoms with Gasteiger partial charge in [-0.3, -0.25) is 4.79 Å². The molecule has 2 heterocycles. The number of nitrogen functional groups attached to an aromatic ring is 1. The maximum absolute atomic E-state index is 13.1. The third kappa shape index (κ3) is 2.53. The Bertz CT molecular complexity index is 1230. The van der Waals surface area contributed by atoms with E-state index in [0.29, 0.717) is 11.3 Å². The van der Waals surface area contributed by atoms with Crippen molar-refractivity contribution in [2.45, 2.75) is 0 Å². The Morgan fingerprint density at radius 3 is 2.31 bits per heavy atom. The van der Waals surface area contributed by atoms with Crippen LogP contribution in [0, 0.1) is 5.82 Å². The fourth-order valence-corrected chi connectivity index (χ4v) is 2.67. The quantitative estimate of drug-likeness (QED) is 0.574. The van der Waals surface area contributed by atoms with Crippen LogP contribution in [0.4, 0.5) is 10.2 Å². The average Bonchev–Trinajstić information content (AvgIpc) is 2.64. The first kappa shape index (κ1) is 15.7. The lowest BCUT2D eigenvalue weighted by Gasteiger charge is -2.11. The second-order valence-electron chi connectivity index (χ2n) is 5.57.